The van der Waals surface area contributed by atoms with Gasteiger partial charge < -0.3 is 0 Å². The highest BCUT2D eigenvalue weighted by Gasteiger charge is 2.25. The molecule has 2 rings (SSSR count). The number of carbonyl (C=O) groups is 1. The molecule has 0 spiro atoms. The van der Waals surface area contributed by atoms with Gasteiger partial charge >= 0.3 is 0 Å². The minimum Gasteiger partial charge on any atom is -0.293 e. The van der Waals surface area contributed by atoms with Crippen LogP contribution in [-0.4, -0.2) is 10.8 Å². The van der Waals surface area contributed by atoms with Crippen LogP contribution in [0.15, 0.2) is 3.92 Å². The number of thiazole rings is 1. The molecule has 1 aliphatic rings. The number of Topliss-reactive ketones (excluding diaryl/α,β-unsaturated/α-hetero) is 1. The largest absolute Gasteiger partial charge is 0.293 e. The fourth-order valence-corrected chi connectivity index (χ4v) is 2.96. The molecule has 12 heavy (non-hydrogen) atoms. The van der Waals surface area contributed by atoms with Crippen molar-refractivity contribution in [2.45, 2.75) is 19.8 Å². The van der Waals surface area contributed by atoms with Crippen LogP contribution in [0.25, 0.3) is 0 Å². The van der Waals surface area contributed by atoms with Gasteiger partial charge in [-0.3, -0.25) is 4.79 Å². The van der Waals surface area contributed by atoms with Crippen molar-refractivity contribution >= 4 is 33.0 Å². The first-order valence-electron chi connectivity index (χ1n) is 3.85. The summed E-state index contributed by atoms with van der Waals surface area (Å²) < 4.78 is 0.829. The van der Waals surface area contributed by atoms with Gasteiger partial charge in [0.25, 0.3) is 0 Å². The number of rotatable bonds is 0. The highest BCUT2D eigenvalue weighted by atomic mass is 79.9. The maximum atomic E-state index is 11.5. The van der Waals surface area contributed by atoms with E-state index in [0.717, 1.165) is 20.9 Å². The van der Waals surface area contributed by atoms with Gasteiger partial charge in [0.15, 0.2) is 9.70 Å². The van der Waals surface area contributed by atoms with Gasteiger partial charge in [0.05, 0.1) is 10.6 Å². The molecule has 1 aromatic heterocycles. The van der Waals surface area contributed by atoms with Gasteiger partial charge in [-0.25, -0.2) is 4.98 Å². The second kappa shape index (κ2) is 2.92. The lowest BCUT2D eigenvalue weighted by molar-refractivity contribution is 0.0957. The Morgan fingerprint density at radius 3 is 3.08 bits per heavy atom. The van der Waals surface area contributed by atoms with Gasteiger partial charge in [0.1, 0.15) is 0 Å². The second-order valence-electron chi connectivity index (χ2n) is 3.18. The van der Waals surface area contributed by atoms with Crippen LogP contribution < -0.4 is 0 Å². The van der Waals surface area contributed by atoms with E-state index in [1.165, 1.54) is 11.3 Å². The summed E-state index contributed by atoms with van der Waals surface area (Å²) in [5, 5.41) is 0. The van der Waals surface area contributed by atoms with Crippen molar-refractivity contribution < 1.29 is 4.79 Å². The molecule has 1 unspecified atom stereocenters. The molecule has 0 bridgehead atoms. The predicted molar refractivity (Wildman–Crippen MR) is 51.6 cm³/mol. The molecule has 1 heterocycles. The molecule has 0 aliphatic heterocycles. The highest BCUT2D eigenvalue weighted by molar-refractivity contribution is 9.11. The SMILES string of the molecule is CC1CC(=O)c2sc(Br)nc2C1. The molecule has 0 amide bonds. The van der Waals surface area contributed by atoms with Gasteiger partial charge in [0.2, 0.25) is 0 Å². The zero-order valence-corrected chi connectivity index (χ0v) is 9.04. The van der Waals surface area contributed by atoms with Crippen molar-refractivity contribution in [2.75, 3.05) is 0 Å². The van der Waals surface area contributed by atoms with Gasteiger partial charge in [-0.2, -0.15) is 0 Å². The Bertz CT molecular complexity index is 334. The standard InChI is InChI=1S/C8H8BrNOS/c1-4-2-5-7(6(11)3-4)12-8(9)10-5/h4H,2-3H2,1H3. The third-order valence-electron chi connectivity index (χ3n) is 2.00. The summed E-state index contributed by atoms with van der Waals surface area (Å²) in [5.41, 5.74) is 0.982. The monoisotopic (exact) mass is 245 g/mol. The van der Waals surface area contributed by atoms with E-state index in [9.17, 15) is 4.79 Å². The minimum atomic E-state index is 0.256. The van der Waals surface area contributed by atoms with E-state index in [1.54, 1.807) is 0 Å². The Labute approximate surface area is 83.1 Å². The quantitative estimate of drug-likeness (QED) is 0.704. The highest BCUT2D eigenvalue weighted by Crippen LogP contribution is 2.31. The molecular weight excluding hydrogens is 238 g/mol. The summed E-state index contributed by atoms with van der Waals surface area (Å²) in [7, 11) is 0. The molecule has 64 valence electrons. The van der Waals surface area contributed by atoms with E-state index in [0.29, 0.717) is 12.3 Å². The Morgan fingerprint density at radius 2 is 2.33 bits per heavy atom. The minimum absolute atomic E-state index is 0.256. The summed E-state index contributed by atoms with van der Waals surface area (Å²) in [4.78, 5) is 16.6. The van der Waals surface area contributed by atoms with Gasteiger partial charge in [0, 0.05) is 6.42 Å². The van der Waals surface area contributed by atoms with Gasteiger partial charge in [-0.1, -0.05) is 6.92 Å². The number of hydrogen-bond donors (Lipinski definition) is 0. The lowest BCUT2D eigenvalue weighted by Gasteiger charge is -2.14. The fraction of sp³-hybridized carbons (Fsp3) is 0.500. The number of ketones is 1. The number of aromatic nitrogens is 1. The molecular formula is C8H8BrNOS. The van der Waals surface area contributed by atoms with E-state index in [-0.39, 0.29) is 5.78 Å². The van der Waals surface area contributed by atoms with E-state index in [1.807, 2.05) is 0 Å². The smallest absolute Gasteiger partial charge is 0.175 e. The number of hydrogen-bond acceptors (Lipinski definition) is 3. The Morgan fingerprint density at radius 1 is 1.58 bits per heavy atom. The third-order valence-corrected chi connectivity index (χ3v) is 3.59. The Hall–Kier alpha value is -0.220. The number of nitrogens with zero attached hydrogens (tertiary/aromatic N) is 1. The maximum Gasteiger partial charge on any atom is 0.175 e. The number of halogens is 1. The van der Waals surface area contributed by atoms with Crippen molar-refractivity contribution in [2.24, 2.45) is 5.92 Å². The average molecular weight is 246 g/mol. The predicted octanol–water partition coefficient (Wildman–Crippen LogP) is 2.67. The van der Waals surface area contributed by atoms with E-state index in [2.05, 4.69) is 27.8 Å². The fourth-order valence-electron chi connectivity index (χ4n) is 1.49. The van der Waals surface area contributed by atoms with Crippen molar-refractivity contribution in [3.8, 4) is 0 Å². The molecule has 0 fully saturated rings. The van der Waals surface area contributed by atoms with Crippen LogP contribution in [0.3, 0.4) is 0 Å². The van der Waals surface area contributed by atoms with Crippen molar-refractivity contribution in [3.63, 3.8) is 0 Å². The average Bonchev–Trinajstić information content (AvgIpc) is 2.29. The van der Waals surface area contributed by atoms with Crippen LogP contribution >= 0.6 is 27.3 Å². The topological polar surface area (TPSA) is 30.0 Å². The normalized spacial score (nSPS) is 22.5. The molecule has 2 nitrogen and oxygen atoms in total. The summed E-state index contributed by atoms with van der Waals surface area (Å²) in [6, 6.07) is 0. The van der Waals surface area contributed by atoms with Gasteiger partial charge in [-0.05, 0) is 28.3 Å². The number of fused-ring (bicyclic) bond motifs is 1. The maximum absolute atomic E-state index is 11.5. The Balaban J connectivity index is 2.46. The first-order chi connectivity index (χ1) is 5.66. The molecule has 1 aromatic rings. The van der Waals surface area contributed by atoms with Crippen LogP contribution in [0.2, 0.25) is 0 Å². The van der Waals surface area contributed by atoms with Crippen LogP contribution in [-0.2, 0) is 6.42 Å². The first kappa shape index (κ1) is 8.38. The third kappa shape index (κ3) is 1.33. The molecule has 1 atom stereocenters. The summed E-state index contributed by atoms with van der Waals surface area (Å²) in [5.74, 6) is 0.714. The lowest BCUT2D eigenvalue weighted by Crippen LogP contribution is -2.16. The molecule has 1 aliphatic carbocycles. The zero-order valence-electron chi connectivity index (χ0n) is 6.63. The first-order valence-corrected chi connectivity index (χ1v) is 5.46. The van der Waals surface area contributed by atoms with Crippen molar-refractivity contribution in [1.29, 1.82) is 0 Å². The molecule has 0 aromatic carbocycles. The molecule has 0 saturated carbocycles. The zero-order chi connectivity index (χ0) is 8.72. The van der Waals surface area contributed by atoms with Crippen LogP contribution in [0, 0.1) is 5.92 Å². The van der Waals surface area contributed by atoms with E-state index >= 15 is 0 Å². The molecule has 4 heteroatoms. The molecule has 0 saturated heterocycles. The summed E-state index contributed by atoms with van der Waals surface area (Å²) in [6.45, 7) is 2.09. The van der Waals surface area contributed by atoms with Crippen LogP contribution in [0.1, 0.15) is 28.7 Å². The van der Waals surface area contributed by atoms with Crippen LogP contribution in [0.4, 0.5) is 0 Å². The Kier molecular flexibility index (Phi) is 2.04. The van der Waals surface area contributed by atoms with Crippen molar-refractivity contribution in [3.05, 3.63) is 14.5 Å². The van der Waals surface area contributed by atoms with E-state index in [4.69, 9.17) is 0 Å². The lowest BCUT2D eigenvalue weighted by atomic mass is 9.92. The van der Waals surface area contributed by atoms with Gasteiger partial charge in [-0.15, -0.1) is 11.3 Å². The van der Waals surface area contributed by atoms with Crippen molar-refractivity contribution in [1.82, 2.24) is 4.98 Å². The summed E-state index contributed by atoms with van der Waals surface area (Å²) in [6.07, 6.45) is 1.63. The second-order valence-corrected chi connectivity index (χ2v) is 5.45. The molecule has 0 N–H and O–H groups in total. The molecule has 0 radical (unpaired) electrons. The summed E-state index contributed by atoms with van der Waals surface area (Å²) >= 11 is 4.75. The number of carbonyl (C=O) groups excluding carboxylic acids is 1. The van der Waals surface area contributed by atoms with E-state index < -0.39 is 0 Å². The van der Waals surface area contributed by atoms with Crippen LogP contribution in [0.5, 0.6) is 0 Å².